The Morgan fingerprint density at radius 3 is 2.33 bits per heavy atom. The molecule has 178 valence electrons. The van der Waals surface area contributed by atoms with Gasteiger partial charge in [0.1, 0.15) is 19.3 Å². The molecule has 1 aliphatic heterocycles. The van der Waals surface area contributed by atoms with Crippen LogP contribution < -0.4 is 20.1 Å². The van der Waals surface area contributed by atoms with Crippen molar-refractivity contribution in [3.8, 4) is 11.5 Å². The summed E-state index contributed by atoms with van der Waals surface area (Å²) in [4.78, 5) is 25.8. The van der Waals surface area contributed by atoms with Crippen molar-refractivity contribution in [3.05, 3.63) is 47.0 Å². The molecule has 0 saturated carbocycles. The molecule has 2 amide bonds. The van der Waals surface area contributed by atoms with Crippen LogP contribution in [0.5, 0.6) is 11.5 Å². The molecule has 2 aromatic carbocycles. The molecule has 0 radical (unpaired) electrons. The first kappa shape index (κ1) is 24.8. The zero-order valence-corrected chi connectivity index (χ0v) is 20.3. The molecule has 0 bridgehead atoms. The number of hydrogen-bond acceptors (Lipinski definition) is 6. The Morgan fingerprint density at radius 1 is 1.03 bits per heavy atom. The lowest BCUT2D eigenvalue weighted by Crippen LogP contribution is -2.47. The number of sulfonamides is 1. The largest absolute Gasteiger partial charge is 0.486 e. The van der Waals surface area contributed by atoms with E-state index < -0.39 is 27.9 Å². The first-order chi connectivity index (χ1) is 15.5. The summed E-state index contributed by atoms with van der Waals surface area (Å²) >= 11 is 6.17. The van der Waals surface area contributed by atoms with Crippen molar-refractivity contribution >= 4 is 39.1 Å². The van der Waals surface area contributed by atoms with Crippen LogP contribution in [-0.2, 0) is 14.8 Å². The highest BCUT2D eigenvalue weighted by molar-refractivity contribution is 7.89. The van der Waals surface area contributed by atoms with Crippen molar-refractivity contribution < 1.29 is 27.5 Å². The highest BCUT2D eigenvalue weighted by atomic mass is 35.5. The molecule has 1 heterocycles. The summed E-state index contributed by atoms with van der Waals surface area (Å²) in [6, 6.07) is 7.98. The summed E-state index contributed by atoms with van der Waals surface area (Å²) in [5.41, 5.74) is 0.443. The first-order valence-corrected chi connectivity index (χ1v) is 12.1. The molecule has 3 rings (SSSR count). The normalized spacial score (nSPS) is 14.2. The molecular formula is C22H26ClN3O6S. The molecule has 1 atom stereocenters. The number of hydrogen-bond donors (Lipinski definition) is 2. The van der Waals surface area contributed by atoms with Crippen LogP contribution in [0.1, 0.15) is 24.2 Å². The maximum absolute atomic E-state index is 13.0. The number of benzene rings is 2. The van der Waals surface area contributed by atoms with E-state index in [9.17, 15) is 18.0 Å². The summed E-state index contributed by atoms with van der Waals surface area (Å²) in [5, 5.41) is 5.50. The number of nitrogens with one attached hydrogen (secondary N) is 2. The molecule has 1 unspecified atom stereocenters. The van der Waals surface area contributed by atoms with Crippen LogP contribution >= 0.6 is 11.6 Å². The topological polar surface area (TPSA) is 114 Å². The molecular weight excluding hydrogens is 470 g/mol. The van der Waals surface area contributed by atoms with E-state index in [0.29, 0.717) is 30.4 Å². The zero-order valence-electron chi connectivity index (χ0n) is 18.7. The molecule has 2 N–H and O–H groups in total. The third kappa shape index (κ3) is 5.58. The number of carbonyl (C=O) groups is 2. The monoisotopic (exact) mass is 495 g/mol. The molecule has 0 fully saturated rings. The standard InChI is InChI=1S/C22H26ClN3O6S/c1-13(2)20(22(28)24-14-5-8-18-19(11-14)32-10-9-31-18)25-21(27)16-12-15(6-7-17(16)23)33(29,30)26(3)4/h5-8,11-13,20H,9-10H2,1-4H3,(H,24,28)(H,25,27). The molecule has 0 aliphatic carbocycles. The Labute approximate surface area is 198 Å². The first-order valence-electron chi connectivity index (χ1n) is 10.2. The van der Waals surface area contributed by atoms with Gasteiger partial charge >= 0.3 is 0 Å². The van der Waals surface area contributed by atoms with Crippen molar-refractivity contribution in [1.29, 1.82) is 0 Å². The van der Waals surface area contributed by atoms with Gasteiger partial charge in [-0.1, -0.05) is 25.4 Å². The minimum Gasteiger partial charge on any atom is -0.486 e. The minimum atomic E-state index is -3.77. The summed E-state index contributed by atoms with van der Waals surface area (Å²) in [6.45, 7) is 4.43. The fourth-order valence-electron chi connectivity index (χ4n) is 3.14. The van der Waals surface area contributed by atoms with Gasteiger partial charge in [-0.3, -0.25) is 9.59 Å². The van der Waals surface area contributed by atoms with E-state index in [1.54, 1.807) is 32.0 Å². The molecule has 11 heteroatoms. The lowest BCUT2D eigenvalue weighted by atomic mass is 10.0. The fourth-order valence-corrected chi connectivity index (χ4v) is 4.28. The summed E-state index contributed by atoms with van der Waals surface area (Å²) in [6.07, 6.45) is 0. The van der Waals surface area contributed by atoms with E-state index in [1.807, 2.05) is 0 Å². The summed E-state index contributed by atoms with van der Waals surface area (Å²) in [5.74, 6) is -0.251. The maximum Gasteiger partial charge on any atom is 0.253 e. The highest BCUT2D eigenvalue weighted by Gasteiger charge is 2.27. The lowest BCUT2D eigenvalue weighted by molar-refractivity contribution is -0.118. The van der Waals surface area contributed by atoms with E-state index in [-0.39, 0.29) is 21.4 Å². The number of halogens is 1. The van der Waals surface area contributed by atoms with Gasteiger partial charge in [-0.2, -0.15) is 0 Å². The third-order valence-electron chi connectivity index (χ3n) is 5.01. The maximum atomic E-state index is 13.0. The van der Waals surface area contributed by atoms with Gasteiger partial charge in [-0.05, 0) is 36.2 Å². The molecule has 33 heavy (non-hydrogen) atoms. The molecule has 1 aliphatic rings. The molecule has 0 saturated heterocycles. The average molecular weight is 496 g/mol. The number of amides is 2. The second-order valence-corrected chi connectivity index (χ2v) is 10.5. The fraction of sp³-hybridized carbons (Fsp3) is 0.364. The molecule has 0 spiro atoms. The van der Waals surface area contributed by atoms with Crippen LogP contribution in [0, 0.1) is 5.92 Å². The van der Waals surface area contributed by atoms with Gasteiger partial charge in [0, 0.05) is 25.8 Å². The van der Waals surface area contributed by atoms with Gasteiger partial charge in [-0.15, -0.1) is 0 Å². The smallest absolute Gasteiger partial charge is 0.253 e. The predicted octanol–water partition coefficient (Wildman–Crippen LogP) is 2.75. The van der Waals surface area contributed by atoms with Crippen molar-refractivity contribution in [1.82, 2.24) is 9.62 Å². The number of ether oxygens (including phenoxy) is 2. The summed E-state index contributed by atoms with van der Waals surface area (Å²) < 4.78 is 36.9. The van der Waals surface area contributed by atoms with E-state index in [1.165, 1.54) is 32.3 Å². The van der Waals surface area contributed by atoms with Crippen molar-refractivity contribution in [2.24, 2.45) is 5.92 Å². The average Bonchev–Trinajstić information content (AvgIpc) is 2.76. The van der Waals surface area contributed by atoms with Gasteiger partial charge in [0.05, 0.1) is 15.5 Å². The van der Waals surface area contributed by atoms with E-state index in [0.717, 1.165) is 4.31 Å². The summed E-state index contributed by atoms with van der Waals surface area (Å²) in [7, 11) is -0.987. The SMILES string of the molecule is CC(C)C(NC(=O)c1cc(S(=O)(=O)N(C)C)ccc1Cl)C(=O)Nc1ccc2c(c1)OCCO2. The Balaban J connectivity index is 1.80. The van der Waals surface area contributed by atoms with Gasteiger partial charge in [0.15, 0.2) is 11.5 Å². The van der Waals surface area contributed by atoms with Gasteiger partial charge in [-0.25, -0.2) is 12.7 Å². The van der Waals surface area contributed by atoms with Gasteiger partial charge < -0.3 is 20.1 Å². The van der Waals surface area contributed by atoms with Crippen molar-refractivity contribution in [2.45, 2.75) is 24.8 Å². The highest BCUT2D eigenvalue weighted by Crippen LogP contribution is 2.32. The number of nitrogens with zero attached hydrogens (tertiary/aromatic N) is 1. The molecule has 9 nitrogen and oxygen atoms in total. The number of carbonyl (C=O) groups excluding carboxylic acids is 2. The van der Waals surface area contributed by atoms with Crippen LogP contribution in [-0.4, -0.2) is 57.9 Å². The zero-order chi connectivity index (χ0) is 24.3. The second kappa shape index (κ2) is 9.98. The van der Waals surface area contributed by atoms with Crippen LogP contribution in [0.2, 0.25) is 5.02 Å². The molecule has 2 aromatic rings. The van der Waals surface area contributed by atoms with Crippen LogP contribution in [0.15, 0.2) is 41.3 Å². The Bertz CT molecular complexity index is 1170. The Hall–Kier alpha value is -2.82. The minimum absolute atomic E-state index is 0.0441. The van der Waals surface area contributed by atoms with E-state index in [2.05, 4.69) is 10.6 Å². The number of rotatable bonds is 7. The molecule has 0 aromatic heterocycles. The van der Waals surface area contributed by atoms with Crippen molar-refractivity contribution in [2.75, 3.05) is 32.6 Å². The lowest BCUT2D eigenvalue weighted by Gasteiger charge is -2.23. The Morgan fingerprint density at radius 2 is 1.70 bits per heavy atom. The predicted molar refractivity (Wildman–Crippen MR) is 124 cm³/mol. The second-order valence-electron chi connectivity index (χ2n) is 7.97. The Kier molecular flexibility index (Phi) is 7.51. The van der Waals surface area contributed by atoms with Crippen LogP contribution in [0.3, 0.4) is 0 Å². The van der Waals surface area contributed by atoms with Gasteiger partial charge in [0.25, 0.3) is 5.91 Å². The third-order valence-corrected chi connectivity index (χ3v) is 7.15. The number of anilines is 1. The quantitative estimate of drug-likeness (QED) is 0.610. The van der Waals surface area contributed by atoms with E-state index >= 15 is 0 Å². The number of fused-ring (bicyclic) bond motifs is 1. The van der Waals surface area contributed by atoms with Gasteiger partial charge in [0.2, 0.25) is 15.9 Å². The van der Waals surface area contributed by atoms with Crippen molar-refractivity contribution in [3.63, 3.8) is 0 Å². The van der Waals surface area contributed by atoms with Crippen LogP contribution in [0.25, 0.3) is 0 Å². The van der Waals surface area contributed by atoms with Crippen LogP contribution in [0.4, 0.5) is 5.69 Å². The van der Waals surface area contributed by atoms with E-state index in [4.69, 9.17) is 21.1 Å².